The van der Waals surface area contributed by atoms with Crippen molar-refractivity contribution in [3.05, 3.63) is 53.8 Å². The van der Waals surface area contributed by atoms with Crippen LogP contribution in [0.2, 0.25) is 0 Å². The lowest BCUT2D eigenvalue weighted by Gasteiger charge is -2.32. The van der Waals surface area contributed by atoms with Crippen LogP contribution in [0.3, 0.4) is 0 Å². The third-order valence-electron chi connectivity index (χ3n) is 5.59. The number of hydrogen-bond acceptors (Lipinski definition) is 6. The van der Waals surface area contributed by atoms with Gasteiger partial charge in [-0.15, -0.1) is 0 Å². The van der Waals surface area contributed by atoms with E-state index in [1.165, 1.54) is 23.7 Å². The minimum absolute atomic E-state index is 0.0945. The number of aromatic nitrogens is 1. The number of rotatable bonds is 5. The Morgan fingerprint density at radius 1 is 1.17 bits per heavy atom. The Kier molecular flexibility index (Phi) is 4.58. The Hall–Kier alpha value is -2.07. The maximum Gasteiger partial charge on any atom is 0.279 e. The molecule has 2 aliphatic rings. The van der Waals surface area contributed by atoms with Gasteiger partial charge >= 0.3 is 0 Å². The summed E-state index contributed by atoms with van der Waals surface area (Å²) in [6.07, 6.45) is 2.19. The summed E-state index contributed by atoms with van der Waals surface area (Å²) in [7, 11) is -3.12. The fourth-order valence-electron chi connectivity index (χ4n) is 4.25. The monoisotopic (exact) mass is 433 g/mol. The minimum Gasteiger partial charge on any atom is -0.431 e. The molecule has 6 nitrogen and oxygen atoms in total. The van der Waals surface area contributed by atoms with Crippen molar-refractivity contribution in [3.63, 3.8) is 0 Å². The normalized spacial score (nSPS) is 22.6. The van der Waals surface area contributed by atoms with Crippen LogP contribution in [-0.2, 0) is 16.6 Å². The molecule has 3 aromatic rings. The zero-order valence-electron chi connectivity index (χ0n) is 15.8. The van der Waals surface area contributed by atoms with Crippen molar-refractivity contribution >= 4 is 31.6 Å². The topological polar surface area (TPSA) is 62.7 Å². The maximum absolute atomic E-state index is 13.8. The average molecular weight is 434 g/mol. The summed E-state index contributed by atoms with van der Waals surface area (Å²) < 4.78 is 45.4. The molecule has 1 aromatic heterocycles. The van der Waals surface area contributed by atoms with E-state index in [1.807, 2.05) is 24.3 Å². The molecule has 2 saturated heterocycles. The quantitative estimate of drug-likeness (QED) is 0.617. The molecule has 3 heterocycles. The van der Waals surface area contributed by atoms with E-state index in [0.29, 0.717) is 27.7 Å². The highest BCUT2D eigenvalue weighted by atomic mass is 32.2. The van der Waals surface area contributed by atoms with Gasteiger partial charge in [-0.2, -0.15) is 4.31 Å². The molecule has 0 aliphatic carbocycles. The van der Waals surface area contributed by atoms with Gasteiger partial charge in [-0.05, 0) is 36.2 Å². The van der Waals surface area contributed by atoms with Gasteiger partial charge in [0.1, 0.15) is 11.6 Å². The molecule has 2 aliphatic heterocycles. The van der Waals surface area contributed by atoms with Gasteiger partial charge in [0, 0.05) is 31.7 Å². The fraction of sp³-hybridized carbons (Fsp3) is 0.350. The van der Waals surface area contributed by atoms with Crippen molar-refractivity contribution in [2.24, 2.45) is 0 Å². The number of halogens is 1. The first-order chi connectivity index (χ1) is 13.9. The molecular weight excluding hydrogens is 413 g/mol. The van der Waals surface area contributed by atoms with Gasteiger partial charge in [0.05, 0.1) is 16.5 Å². The van der Waals surface area contributed by atoms with Crippen molar-refractivity contribution in [2.75, 3.05) is 19.3 Å². The molecule has 0 N–H and O–H groups in total. The zero-order chi connectivity index (χ0) is 20.2. The number of nitrogens with zero attached hydrogens (tertiary/aromatic N) is 3. The van der Waals surface area contributed by atoms with Gasteiger partial charge in [0.25, 0.3) is 5.19 Å². The summed E-state index contributed by atoms with van der Waals surface area (Å²) in [5, 5.41) is 0.413. The molecule has 2 atom stereocenters. The summed E-state index contributed by atoms with van der Waals surface area (Å²) in [4.78, 5) is 6.67. The van der Waals surface area contributed by atoms with E-state index in [0.717, 1.165) is 25.1 Å². The first kappa shape index (κ1) is 18.9. The molecule has 5 rings (SSSR count). The molecule has 0 radical (unpaired) electrons. The Morgan fingerprint density at radius 3 is 2.62 bits per heavy atom. The van der Waals surface area contributed by atoms with Crippen LogP contribution in [0.5, 0.6) is 10.9 Å². The second-order valence-corrected chi connectivity index (χ2v) is 10.5. The highest BCUT2D eigenvalue weighted by Gasteiger charge is 2.46. The predicted octanol–water partition coefficient (Wildman–Crippen LogP) is 3.45. The van der Waals surface area contributed by atoms with E-state index in [2.05, 4.69) is 9.88 Å². The lowest BCUT2D eigenvalue weighted by atomic mass is 10.2. The second kappa shape index (κ2) is 7.02. The molecule has 0 saturated carbocycles. The van der Waals surface area contributed by atoms with E-state index in [1.54, 1.807) is 16.4 Å². The second-order valence-electron chi connectivity index (χ2n) is 7.62. The van der Waals surface area contributed by atoms with E-state index in [4.69, 9.17) is 4.74 Å². The van der Waals surface area contributed by atoms with Crippen molar-refractivity contribution in [1.29, 1.82) is 0 Å². The Labute approximate surface area is 172 Å². The van der Waals surface area contributed by atoms with Gasteiger partial charge < -0.3 is 4.74 Å². The average Bonchev–Trinajstić information content (AvgIpc) is 3.37. The predicted molar refractivity (Wildman–Crippen MR) is 110 cm³/mol. The number of sulfonamides is 1. The summed E-state index contributed by atoms with van der Waals surface area (Å²) in [6, 6.07) is 13.0. The zero-order valence-corrected chi connectivity index (χ0v) is 17.4. The number of likely N-dealkylation sites (tertiary alicyclic amines) is 1. The summed E-state index contributed by atoms with van der Waals surface area (Å²) in [5.74, 6) is 0.360. The van der Waals surface area contributed by atoms with Crippen molar-refractivity contribution in [3.8, 4) is 10.9 Å². The molecule has 152 valence electrons. The third kappa shape index (κ3) is 3.63. The van der Waals surface area contributed by atoms with Crippen molar-refractivity contribution < 1.29 is 17.5 Å². The van der Waals surface area contributed by atoms with E-state index >= 15 is 0 Å². The van der Waals surface area contributed by atoms with Gasteiger partial charge in [0.15, 0.2) is 0 Å². The molecule has 29 heavy (non-hydrogen) atoms. The summed E-state index contributed by atoms with van der Waals surface area (Å²) in [5.41, 5.74) is 1.74. The van der Waals surface area contributed by atoms with Crippen LogP contribution in [0.4, 0.5) is 4.39 Å². The fourth-order valence-corrected chi connectivity index (χ4v) is 6.23. The van der Waals surface area contributed by atoms with Gasteiger partial charge in [-0.1, -0.05) is 29.5 Å². The molecule has 2 aromatic carbocycles. The lowest BCUT2D eigenvalue weighted by Crippen LogP contribution is -2.47. The number of benzene rings is 2. The van der Waals surface area contributed by atoms with E-state index in [-0.39, 0.29) is 17.9 Å². The van der Waals surface area contributed by atoms with Gasteiger partial charge in [-0.3, -0.25) is 4.90 Å². The minimum atomic E-state index is -3.12. The number of thiazole rings is 1. The van der Waals surface area contributed by atoms with Crippen LogP contribution in [0, 0.1) is 5.82 Å². The van der Waals surface area contributed by atoms with Crippen LogP contribution in [0.1, 0.15) is 12.0 Å². The smallest absolute Gasteiger partial charge is 0.279 e. The molecular formula is C20H20FN3O3S2. The Bertz CT molecular complexity index is 1160. The van der Waals surface area contributed by atoms with Crippen LogP contribution >= 0.6 is 11.3 Å². The van der Waals surface area contributed by atoms with E-state index in [9.17, 15) is 12.8 Å². The molecule has 9 heteroatoms. The molecule has 2 unspecified atom stereocenters. The first-order valence-electron chi connectivity index (χ1n) is 9.39. The largest absolute Gasteiger partial charge is 0.431 e. The highest BCUT2D eigenvalue weighted by Crippen LogP contribution is 2.35. The van der Waals surface area contributed by atoms with Gasteiger partial charge in [0.2, 0.25) is 10.0 Å². The van der Waals surface area contributed by atoms with Gasteiger partial charge in [-0.25, -0.2) is 17.8 Å². The van der Waals surface area contributed by atoms with Crippen molar-refractivity contribution in [2.45, 2.75) is 25.0 Å². The SMILES string of the molecule is CS(=O)(=O)N1CC2CC1CN2Cc1ccc(Oc2nc3cccc(F)c3s2)cc1. The molecule has 2 fully saturated rings. The number of fused-ring (bicyclic) bond motifs is 3. The molecule has 2 bridgehead atoms. The van der Waals surface area contributed by atoms with E-state index < -0.39 is 10.0 Å². The molecule has 0 amide bonds. The first-order valence-corrected chi connectivity index (χ1v) is 12.1. The number of hydrogen-bond donors (Lipinski definition) is 0. The highest BCUT2D eigenvalue weighted by molar-refractivity contribution is 7.88. The number of ether oxygens (including phenoxy) is 1. The third-order valence-corrected chi connectivity index (χ3v) is 7.85. The maximum atomic E-state index is 13.8. The lowest BCUT2D eigenvalue weighted by molar-refractivity contribution is 0.175. The summed E-state index contributed by atoms with van der Waals surface area (Å²) >= 11 is 1.19. The Balaban J connectivity index is 1.24. The van der Waals surface area contributed by atoms with Crippen LogP contribution in [-0.4, -0.2) is 54.0 Å². The van der Waals surface area contributed by atoms with Crippen LogP contribution < -0.4 is 4.74 Å². The molecule has 0 spiro atoms. The summed E-state index contributed by atoms with van der Waals surface area (Å²) in [6.45, 7) is 2.14. The van der Waals surface area contributed by atoms with Crippen LogP contribution in [0.15, 0.2) is 42.5 Å². The van der Waals surface area contributed by atoms with Crippen molar-refractivity contribution in [1.82, 2.24) is 14.2 Å². The van der Waals surface area contributed by atoms with Crippen LogP contribution in [0.25, 0.3) is 10.2 Å². The standard InChI is InChI=1S/C20H20FN3O3S2/c1-29(25,26)24-12-14-9-15(24)11-23(14)10-13-5-7-16(8-6-13)27-20-22-18-4-2-3-17(21)19(18)28-20/h2-8,14-15H,9-12H2,1H3. The Morgan fingerprint density at radius 2 is 1.97 bits per heavy atom. The number of piperazine rings is 1.